The summed E-state index contributed by atoms with van der Waals surface area (Å²) in [6.45, 7) is 12.6. The van der Waals surface area contributed by atoms with Crippen molar-refractivity contribution in [3.05, 3.63) is 35.5 Å². The molecule has 23 heavy (non-hydrogen) atoms. The lowest BCUT2D eigenvalue weighted by molar-refractivity contribution is -0.117. The maximum atomic E-state index is 12.9. The number of aliphatic hydroxyl groups excluding tert-OH is 1. The second-order valence-corrected chi connectivity index (χ2v) is 8.02. The highest BCUT2D eigenvalue weighted by atomic mass is 16.6. The van der Waals surface area contributed by atoms with Gasteiger partial charge < -0.3 is 9.84 Å². The molecular formula is C20H28O3. The highest BCUT2D eigenvalue weighted by molar-refractivity contribution is 6.05. The minimum atomic E-state index is -0.610. The lowest BCUT2D eigenvalue weighted by Gasteiger charge is -2.44. The number of hydrogen-bond acceptors (Lipinski definition) is 3. The maximum Gasteiger partial charge on any atom is 0.194 e. The van der Waals surface area contributed by atoms with Gasteiger partial charge in [0, 0.05) is 5.57 Å². The summed E-state index contributed by atoms with van der Waals surface area (Å²) in [5.41, 5.74) is 2.20. The zero-order valence-electron chi connectivity index (χ0n) is 14.7. The highest BCUT2D eigenvalue weighted by Crippen LogP contribution is 2.51. The lowest BCUT2D eigenvalue weighted by atomic mass is 9.61. The Kier molecular flexibility index (Phi) is 3.93. The normalized spacial score (nSPS) is 46.7. The molecule has 0 spiro atoms. The average Bonchev–Trinajstić information content (AvgIpc) is 3.17. The third-order valence-electron chi connectivity index (χ3n) is 6.43. The molecule has 0 saturated carbocycles. The molecule has 1 heterocycles. The Bertz CT molecular complexity index is 614. The van der Waals surface area contributed by atoms with E-state index in [9.17, 15) is 9.90 Å². The van der Waals surface area contributed by atoms with Crippen molar-refractivity contribution in [1.29, 1.82) is 0 Å². The Labute approximate surface area is 139 Å². The van der Waals surface area contributed by atoms with Gasteiger partial charge in [0.2, 0.25) is 0 Å². The van der Waals surface area contributed by atoms with Crippen LogP contribution >= 0.6 is 0 Å². The zero-order valence-corrected chi connectivity index (χ0v) is 14.7. The Balaban J connectivity index is 2.03. The first-order valence-corrected chi connectivity index (χ1v) is 8.66. The predicted molar refractivity (Wildman–Crippen MR) is 91.0 cm³/mol. The second-order valence-electron chi connectivity index (χ2n) is 8.02. The van der Waals surface area contributed by atoms with Gasteiger partial charge in [-0.3, -0.25) is 4.79 Å². The maximum absolute atomic E-state index is 12.9. The number of ketones is 1. The van der Waals surface area contributed by atoms with Crippen molar-refractivity contribution in [3.63, 3.8) is 0 Å². The van der Waals surface area contributed by atoms with E-state index in [1.54, 1.807) is 6.08 Å². The summed E-state index contributed by atoms with van der Waals surface area (Å²) >= 11 is 0. The Morgan fingerprint density at radius 1 is 1.35 bits per heavy atom. The van der Waals surface area contributed by atoms with E-state index in [2.05, 4.69) is 33.4 Å². The van der Waals surface area contributed by atoms with Crippen molar-refractivity contribution in [3.8, 4) is 0 Å². The Morgan fingerprint density at radius 3 is 2.74 bits per heavy atom. The number of ether oxygens (including phenoxy) is 1. The molecule has 1 saturated heterocycles. The van der Waals surface area contributed by atoms with E-state index in [4.69, 9.17) is 4.74 Å². The number of carbonyl (C=O) groups excluding carboxylic acids is 1. The van der Waals surface area contributed by atoms with Crippen LogP contribution in [0.3, 0.4) is 0 Å². The quantitative estimate of drug-likeness (QED) is 0.547. The van der Waals surface area contributed by atoms with E-state index in [0.29, 0.717) is 5.57 Å². The highest BCUT2D eigenvalue weighted by Gasteiger charge is 2.58. The van der Waals surface area contributed by atoms with Crippen molar-refractivity contribution < 1.29 is 14.6 Å². The number of allylic oxidation sites excluding steroid dienone is 3. The van der Waals surface area contributed by atoms with Crippen LogP contribution in [-0.4, -0.2) is 28.7 Å². The SMILES string of the molecule is C=C1C2=C[C@H](O)[C@@H](C)[C@]1(C)CC/C(C)=C/CC[C@]1(C)O[C@@H]1C2=O. The number of carbonyl (C=O) groups is 1. The van der Waals surface area contributed by atoms with Crippen LogP contribution in [0.2, 0.25) is 0 Å². The van der Waals surface area contributed by atoms with Crippen LogP contribution in [0.5, 0.6) is 0 Å². The summed E-state index contributed by atoms with van der Waals surface area (Å²) in [4.78, 5) is 12.9. The molecule has 3 aliphatic rings. The van der Waals surface area contributed by atoms with Crippen LogP contribution < -0.4 is 0 Å². The van der Waals surface area contributed by atoms with Gasteiger partial charge in [0.25, 0.3) is 0 Å². The van der Waals surface area contributed by atoms with Gasteiger partial charge in [-0.05, 0) is 62.5 Å². The first-order chi connectivity index (χ1) is 10.7. The molecule has 3 heteroatoms. The van der Waals surface area contributed by atoms with Gasteiger partial charge in [-0.15, -0.1) is 0 Å². The van der Waals surface area contributed by atoms with Gasteiger partial charge in [-0.2, -0.15) is 0 Å². The molecule has 2 aliphatic carbocycles. The van der Waals surface area contributed by atoms with E-state index in [0.717, 1.165) is 31.3 Å². The summed E-state index contributed by atoms with van der Waals surface area (Å²) < 4.78 is 5.76. The minimum Gasteiger partial charge on any atom is -0.389 e. The molecule has 3 nitrogen and oxygen atoms in total. The van der Waals surface area contributed by atoms with Gasteiger partial charge in [-0.25, -0.2) is 0 Å². The fourth-order valence-electron chi connectivity index (χ4n) is 4.05. The molecule has 1 fully saturated rings. The Morgan fingerprint density at radius 2 is 2.04 bits per heavy atom. The van der Waals surface area contributed by atoms with Crippen LogP contribution in [0.1, 0.15) is 53.4 Å². The monoisotopic (exact) mass is 316 g/mol. The molecule has 0 aromatic carbocycles. The number of rotatable bonds is 0. The van der Waals surface area contributed by atoms with Crippen LogP contribution in [0.25, 0.3) is 0 Å². The van der Waals surface area contributed by atoms with Crippen molar-refractivity contribution >= 4 is 5.78 Å². The lowest BCUT2D eigenvalue weighted by Crippen LogP contribution is -2.41. The van der Waals surface area contributed by atoms with Gasteiger partial charge >= 0.3 is 0 Å². The summed E-state index contributed by atoms with van der Waals surface area (Å²) in [6, 6.07) is 0. The van der Waals surface area contributed by atoms with Crippen molar-refractivity contribution in [2.75, 3.05) is 0 Å². The number of aliphatic hydroxyl groups is 1. The number of epoxide rings is 1. The smallest absolute Gasteiger partial charge is 0.194 e. The summed E-state index contributed by atoms with van der Waals surface area (Å²) in [6.07, 6.45) is 6.65. The third-order valence-corrected chi connectivity index (χ3v) is 6.43. The van der Waals surface area contributed by atoms with E-state index in [1.807, 2.05) is 6.92 Å². The molecule has 3 rings (SSSR count). The van der Waals surface area contributed by atoms with Crippen LogP contribution in [0.4, 0.5) is 0 Å². The van der Waals surface area contributed by atoms with Gasteiger partial charge in [0.15, 0.2) is 5.78 Å². The zero-order chi connectivity index (χ0) is 17.0. The molecule has 2 bridgehead atoms. The molecule has 5 atom stereocenters. The molecule has 0 aromatic rings. The molecule has 1 aliphatic heterocycles. The van der Waals surface area contributed by atoms with Crippen molar-refractivity contribution in [2.45, 2.75) is 71.2 Å². The van der Waals surface area contributed by atoms with E-state index >= 15 is 0 Å². The largest absolute Gasteiger partial charge is 0.389 e. The Hall–Kier alpha value is -1.19. The van der Waals surface area contributed by atoms with Gasteiger partial charge in [0.05, 0.1) is 6.10 Å². The first-order valence-electron chi connectivity index (χ1n) is 8.66. The minimum absolute atomic E-state index is 0.00375. The predicted octanol–water partition coefficient (Wildman–Crippen LogP) is 3.73. The molecule has 0 radical (unpaired) electrons. The van der Waals surface area contributed by atoms with Gasteiger partial charge in [-0.1, -0.05) is 32.1 Å². The van der Waals surface area contributed by atoms with Crippen LogP contribution in [-0.2, 0) is 9.53 Å². The number of hydrogen-bond donors (Lipinski definition) is 1. The number of fused-ring (bicyclic) bond motifs is 3. The summed E-state index contributed by atoms with van der Waals surface area (Å²) in [5, 5.41) is 10.5. The molecule has 1 N–H and O–H groups in total. The first kappa shape index (κ1) is 16.7. The summed E-state index contributed by atoms with van der Waals surface area (Å²) in [5.74, 6) is 0.0461. The van der Waals surface area contributed by atoms with Crippen LogP contribution in [0.15, 0.2) is 35.5 Å². The second kappa shape index (κ2) is 5.42. The third kappa shape index (κ3) is 2.64. The topological polar surface area (TPSA) is 49.8 Å². The average molecular weight is 316 g/mol. The fourth-order valence-corrected chi connectivity index (χ4v) is 4.05. The van der Waals surface area contributed by atoms with Gasteiger partial charge in [0.1, 0.15) is 11.7 Å². The number of Topliss-reactive ketones (excluding diaryl/α,β-unsaturated/α-hetero) is 1. The molecular weight excluding hydrogens is 288 g/mol. The van der Waals surface area contributed by atoms with Crippen molar-refractivity contribution in [1.82, 2.24) is 0 Å². The fraction of sp³-hybridized carbons (Fsp3) is 0.650. The van der Waals surface area contributed by atoms with Crippen LogP contribution in [0, 0.1) is 11.3 Å². The standard InChI is InChI=1S/C20H28O3/c1-12-7-6-9-20(5)18(23-20)17(22)15-11-16(21)14(3)19(4,10-8-12)13(15)2/h7,11,14,16,18,21H,2,6,8-10H2,1,3-5H3/b12-7+/t14-,16+,18-,19-,20+/m1/s1. The van der Waals surface area contributed by atoms with E-state index < -0.39 is 6.10 Å². The van der Waals surface area contributed by atoms with E-state index in [-0.39, 0.29) is 28.8 Å². The van der Waals surface area contributed by atoms with E-state index in [1.165, 1.54) is 5.57 Å². The molecule has 0 aromatic heterocycles. The molecule has 0 amide bonds. The van der Waals surface area contributed by atoms with Crippen molar-refractivity contribution in [2.24, 2.45) is 11.3 Å². The molecule has 126 valence electrons. The molecule has 0 unspecified atom stereocenters. The summed E-state index contributed by atoms with van der Waals surface area (Å²) in [7, 11) is 0.